The highest BCUT2D eigenvalue weighted by Gasteiger charge is 2.07. The average Bonchev–Trinajstić information content (AvgIpc) is 2.83. The van der Waals surface area contributed by atoms with E-state index in [1.54, 1.807) is 19.5 Å². The van der Waals surface area contributed by atoms with Crippen molar-refractivity contribution < 1.29 is 4.74 Å². The van der Waals surface area contributed by atoms with Crippen LogP contribution in [0.1, 0.15) is 25.2 Å². The summed E-state index contributed by atoms with van der Waals surface area (Å²) in [6.07, 6.45) is 4.38. The van der Waals surface area contributed by atoms with E-state index in [0.717, 1.165) is 28.7 Å². The van der Waals surface area contributed by atoms with Crippen LogP contribution < -0.4 is 10.1 Å². The Balaban J connectivity index is 1.96. The summed E-state index contributed by atoms with van der Waals surface area (Å²) in [5, 5.41) is 4.11. The quantitative estimate of drug-likeness (QED) is 0.880. The second kappa shape index (κ2) is 6.47. The SMILES string of the molecule is COc1cnccc1CNc1nc(CC(C)C)ns1. The lowest BCUT2D eigenvalue weighted by Crippen LogP contribution is -2.02. The minimum atomic E-state index is 0.572. The summed E-state index contributed by atoms with van der Waals surface area (Å²) >= 11 is 1.40. The minimum absolute atomic E-state index is 0.572. The lowest BCUT2D eigenvalue weighted by Gasteiger charge is -2.07. The molecule has 5 nitrogen and oxygen atoms in total. The van der Waals surface area contributed by atoms with Crippen molar-refractivity contribution in [2.45, 2.75) is 26.8 Å². The fourth-order valence-corrected chi connectivity index (χ4v) is 2.27. The molecule has 0 aliphatic carbocycles. The Kier molecular flexibility index (Phi) is 4.68. The van der Waals surface area contributed by atoms with Crippen LogP contribution in [-0.4, -0.2) is 21.5 Å². The molecule has 0 saturated carbocycles. The summed E-state index contributed by atoms with van der Waals surface area (Å²) in [6.45, 7) is 4.98. The second-order valence-corrected chi connectivity index (χ2v) is 5.41. The van der Waals surface area contributed by atoms with Crippen molar-refractivity contribution in [2.24, 2.45) is 5.92 Å². The van der Waals surface area contributed by atoms with Crippen LogP contribution in [0, 0.1) is 5.92 Å². The zero-order chi connectivity index (χ0) is 13.7. The zero-order valence-electron chi connectivity index (χ0n) is 11.4. The molecule has 0 spiro atoms. The number of pyridine rings is 1. The van der Waals surface area contributed by atoms with Gasteiger partial charge < -0.3 is 10.1 Å². The van der Waals surface area contributed by atoms with Gasteiger partial charge in [0.25, 0.3) is 0 Å². The number of rotatable bonds is 6. The van der Waals surface area contributed by atoms with Crippen molar-refractivity contribution in [2.75, 3.05) is 12.4 Å². The molecule has 2 rings (SSSR count). The van der Waals surface area contributed by atoms with E-state index in [2.05, 4.69) is 33.5 Å². The first kappa shape index (κ1) is 13.7. The lowest BCUT2D eigenvalue weighted by molar-refractivity contribution is 0.408. The highest BCUT2D eigenvalue weighted by molar-refractivity contribution is 7.09. The molecule has 0 fully saturated rings. The van der Waals surface area contributed by atoms with Crippen molar-refractivity contribution in [3.8, 4) is 5.75 Å². The molecule has 0 unspecified atom stereocenters. The summed E-state index contributed by atoms with van der Waals surface area (Å²) in [4.78, 5) is 8.49. The van der Waals surface area contributed by atoms with Crippen LogP contribution >= 0.6 is 11.5 Å². The van der Waals surface area contributed by atoms with Gasteiger partial charge in [-0.25, -0.2) is 4.98 Å². The summed E-state index contributed by atoms with van der Waals surface area (Å²) in [6, 6.07) is 1.93. The predicted molar refractivity (Wildman–Crippen MR) is 76.6 cm³/mol. The third kappa shape index (κ3) is 3.89. The molecular formula is C13H18N4OS. The third-order valence-electron chi connectivity index (χ3n) is 2.58. The molecule has 6 heteroatoms. The van der Waals surface area contributed by atoms with Crippen LogP contribution in [0.15, 0.2) is 18.5 Å². The smallest absolute Gasteiger partial charge is 0.202 e. The van der Waals surface area contributed by atoms with Crippen LogP contribution in [0.5, 0.6) is 5.75 Å². The molecule has 2 heterocycles. The predicted octanol–water partition coefficient (Wildman–Crippen LogP) is 2.75. The normalized spacial score (nSPS) is 10.7. The van der Waals surface area contributed by atoms with Crippen molar-refractivity contribution in [1.82, 2.24) is 14.3 Å². The molecule has 0 atom stereocenters. The number of hydrogen-bond acceptors (Lipinski definition) is 6. The van der Waals surface area contributed by atoms with Gasteiger partial charge in [0.2, 0.25) is 5.13 Å². The van der Waals surface area contributed by atoms with Crippen molar-refractivity contribution in [3.05, 3.63) is 29.8 Å². The van der Waals surface area contributed by atoms with E-state index in [0.29, 0.717) is 12.5 Å². The van der Waals surface area contributed by atoms with E-state index >= 15 is 0 Å². The third-order valence-corrected chi connectivity index (χ3v) is 3.29. The molecule has 0 radical (unpaired) electrons. The van der Waals surface area contributed by atoms with Crippen LogP contribution in [0.2, 0.25) is 0 Å². The number of nitrogens with one attached hydrogen (secondary N) is 1. The first-order valence-corrected chi connectivity index (χ1v) is 6.99. The highest BCUT2D eigenvalue weighted by Crippen LogP contribution is 2.19. The van der Waals surface area contributed by atoms with E-state index in [4.69, 9.17) is 4.74 Å². The van der Waals surface area contributed by atoms with Crippen LogP contribution in [0.25, 0.3) is 0 Å². The molecule has 102 valence electrons. The molecule has 2 aromatic heterocycles. The topological polar surface area (TPSA) is 59.9 Å². The second-order valence-electron chi connectivity index (χ2n) is 4.65. The lowest BCUT2D eigenvalue weighted by atomic mass is 10.1. The van der Waals surface area contributed by atoms with Gasteiger partial charge in [-0.1, -0.05) is 13.8 Å². The molecule has 0 aromatic carbocycles. The minimum Gasteiger partial charge on any atom is -0.495 e. The van der Waals surface area contributed by atoms with Gasteiger partial charge in [-0.3, -0.25) is 4.98 Å². The summed E-state index contributed by atoms with van der Waals surface area (Å²) in [5.74, 6) is 2.26. The van der Waals surface area contributed by atoms with Crippen LogP contribution in [0.4, 0.5) is 5.13 Å². The van der Waals surface area contributed by atoms with Gasteiger partial charge >= 0.3 is 0 Å². The summed E-state index contributed by atoms with van der Waals surface area (Å²) < 4.78 is 9.59. The van der Waals surface area contributed by atoms with Gasteiger partial charge in [0.15, 0.2) is 0 Å². The maximum atomic E-state index is 5.26. The highest BCUT2D eigenvalue weighted by atomic mass is 32.1. The first-order valence-electron chi connectivity index (χ1n) is 6.22. The Hall–Kier alpha value is -1.69. The number of aromatic nitrogens is 3. The molecule has 2 aromatic rings. The Bertz CT molecular complexity index is 527. The maximum absolute atomic E-state index is 5.26. The molecule has 19 heavy (non-hydrogen) atoms. The van der Waals surface area contributed by atoms with Gasteiger partial charge in [0.05, 0.1) is 13.3 Å². The van der Waals surface area contributed by atoms with Crippen molar-refractivity contribution >= 4 is 16.7 Å². The van der Waals surface area contributed by atoms with Crippen LogP contribution in [0.3, 0.4) is 0 Å². The number of anilines is 1. The van der Waals surface area contributed by atoms with E-state index in [9.17, 15) is 0 Å². The Labute approximate surface area is 117 Å². The first-order chi connectivity index (χ1) is 9.19. The van der Waals surface area contributed by atoms with Crippen molar-refractivity contribution in [3.63, 3.8) is 0 Å². The molecule has 1 N–H and O–H groups in total. The molecule has 0 amide bonds. The number of nitrogens with zero attached hydrogens (tertiary/aromatic N) is 3. The number of hydrogen-bond donors (Lipinski definition) is 1. The Morgan fingerprint density at radius 3 is 3.00 bits per heavy atom. The molecular weight excluding hydrogens is 260 g/mol. The molecule has 0 aliphatic heterocycles. The largest absolute Gasteiger partial charge is 0.495 e. The Morgan fingerprint density at radius 1 is 1.42 bits per heavy atom. The van der Waals surface area contributed by atoms with Gasteiger partial charge in [-0.05, 0) is 12.0 Å². The maximum Gasteiger partial charge on any atom is 0.202 e. The monoisotopic (exact) mass is 278 g/mol. The number of methoxy groups -OCH3 is 1. The van der Waals surface area contributed by atoms with Gasteiger partial charge in [-0.15, -0.1) is 0 Å². The van der Waals surface area contributed by atoms with Crippen LogP contribution in [-0.2, 0) is 13.0 Å². The average molecular weight is 278 g/mol. The Morgan fingerprint density at radius 2 is 2.26 bits per heavy atom. The molecule has 0 aliphatic rings. The van der Waals surface area contributed by atoms with Gasteiger partial charge in [0, 0.05) is 36.3 Å². The van der Waals surface area contributed by atoms with Gasteiger partial charge in [-0.2, -0.15) is 4.37 Å². The molecule has 0 bridgehead atoms. The fourth-order valence-electron chi connectivity index (χ4n) is 1.68. The van der Waals surface area contributed by atoms with Crippen molar-refractivity contribution in [1.29, 1.82) is 0 Å². The summed E-state index contributed by atoms with van der Waals surface area (Å²) in [5.41, 5.74) is 1.05. The van der Waals surface area contributed by atoms with Gasteiger partial charge in [0.1, 0.15) is 11.6 Å². The zero-order valence-corrected chi connectivity index (χ0v) is 12.2. The standard InChI is InChI=1S/C13H18N4OS/c1-9(2)6-12-16-13(19-17-12)15-7-10-4-5-14-8-11(10)18-3/h4-5,8-9H,6-7H2,1-3H3,(H,15,16,17). The number of ether oxygens (including phenoxy) is 1. The fraction of sp³-hybridized carbons (Fsp3) is 0.462. The van der Waals surface area contributed by atoms with E-state index < -0.39 is 0 Å². The molecule has 0 saturated heterocycles. The van der Waals surface area contributed by atoms with E-state index in [1.807, 2.05) is 6.07 Å². The van der Waals surface area contributed by atoms with E-state index in [1.165, 1.54) is 11.5 Å². The van der Waals surface area contributed by atoms with E-state index in [-0.39, 0.29) is 0 Å². The summed E-state index contributed by atoms with van der Waals surface area (Å²) in [7, 11) is 1.65.